The lowest BCUT2D eigenvalue weighted by atomic mass is 9.63. The zero-order valence-corrected chi connectivity index (χ0v) is 34.8. The van der Waals surface area contributed by atoms with Crippen molar-refractivity contribution in [1.29, 1.82) is 0 Å². The van der Waals surface area contributed by atoms with Crippen molar-refractivity contribution < 1.29 is 50.9 Å². The van der Waals surface area contributed by atoms with Crippen LogP contribution in [0.4, 0.5) is 26.3 Å². The molecule has 2 saturated heterocycles. The summed E-state index contributed by atoms with van der Waals surface area (Å²) in [7, 11) is 0. The Hall–Kier alpha value is -4.46. The van der Waals surface area contributed by atoms with Gasteiger partial charge in [-0.1, -0.05) is 60.3 Å². The molecule has 4 aromatic rings. The van der Waals surface area contributed by atoms with E-state index in [0.29, 0.717) is 67.7 Å². The molecule has 2 heterocycles. The third-order valence-electron chi connectivity index (χ3n) is 12.2. The molecule has 4 aliphatic rings. The second-order valence-corrected chi connectivity index (χ2v) is 17.0. The number of carbonyl (C=O) groups excluding carboxylic acids is 2. The van der Waals surface area contributed by atoms with Gasteiger partial charge in [0.1, 0.15) is 17.6 Å². The molecular weight excluding hydrogens is 845 g/mol. The van der Waals surface area contributed by atoms with Gasteiger partial charge in [-0.3, -0.25) is 9.59 Å². The van der Waals surface area contributed by atoms with Crippen LogP contribution in [0.2, 0.25) is 10.0 Å². The zero-order chi connectivity index (χ0) is 44.0. The number of amides is 2. The first-order chi connectivity index (χ1) is 28.9. The van der Waals surface area contributed by atoms with E-state index in [-0.39, 0.29) is 35.2 Å². The van der Waals surface area contributed by atoms with Crippen LogP contribution in [-0.4, -0.2) is 70.2 Å². The summed E-state index contributed by atoms with van der Waals surface area (Å²) in [6.07, 6.45) is -0.668. The van der Waals surface area contributed by atoms with Gasteiger partial charge in [0.25, 0.3) is 0 Å². The number of aliphatic hydroxyl groups excluding tert-OH is 1. The first-order valence-corrected chi connectivity index (χ1v) is 21.1. The molecule has 15 heteroatoms. The third-order valence-corrected chi connectivity index (χ3v) is 12.7. The summed E-state index contributed by atoms with van der Waals surface area (Å²) < 4.78 is 79.4. The SMILES string of the molecule is O=C(N1CCC(O)CC1)C1(c2ccc(Cl)cc2)CCC1.O=C(N1CCC(Oc2ccc(C(F)(F)F)cc2)CC1)C1(c2ccc(Cl)cc2)CCC1.Oc1ccc(C(F)(F)F)cc1. The molecule has 0 aromatic heterocycles. The average molecular weight is 894 g/mol. The number of aromatic hydroxyl groups is 1. The third kappa shape index (κ3) is 11.1. The largest absolute Gasteiger partial charge is 0.508 e. The minimum Gasteiger partial charge on any atom is -0.508 e. The Morgan fingerprint density at radius 1 is 0.574 bits per heavy atom. The van der Waals surface area contributed by atoms with Gasteiger partial charge in [-0.15, -0.1) is 0 Å². The number of ether oxygens (including phenoxy) is 1. The maximum Gasteiger partial charge on any atom is 0.416 e. The summed E-state index contributed by atoms with van der Waals surface area (Å²) in [6.45, 7) is 2.52. The standard InChI is InChI=1S/C23H23ClF3NO2.C16H20ClNO2.C7H5F3O/c24-18-6-2-16(3-7-18)22(12-1-13-22)21(29)28-14-10-20(11-15-28)30-19-8-4-17(5-9-19)23(25,26)27;17-13-4-2-12(3-5-13)16(8-1-9-16)15(20)18-10-6-14(19)7-11-18;8-7(9,10)5-1-3-6(11)4-2-5/h2-9,20H,1,10-15H2;2-5,14,19H,1,6-11H2;1-4,11H. The Bertz CT molecular complexity index is 2060. The lowest BCUT2D eigenvalue weighted by Gasteiger charge is -2.45. The highest BCUT2D eigenvalue weighted by molar-refractivity contribution is 6.30. The van der Waals surface area contributed by atoms with E-state index < -0.39 is 28.9 Å². The summed E-state index contributed by atoms with van der Waals surface area (Å²) in [4.78, 5) is 30.1. The van der Waals surface area contributed by atoms with Gasteiger partial charge in [0.15, 0.2) is 0 Å². The van der Waals surface area contributed by atoms with Crippen LogP contribution in [0.15, 0.2) is 97.1 Å². The fourth-order valence-corrected chi connectivity index (χ4v) is 8.52. The molecule has 61 heavy (non-hydrogen) atoms. The van der Waals surface area contributed by atoms with Crippen molar-refractivity contribution in [3.63, 3.8) is 0 Å². The van der Waals surface area contributed by atoms with Crippen LogP contribution in [0.1, 0.15) is 86.5 Å². The summed E-state index contributed by atoms with van der Waals surface area (Å²) in [5.74, 6) is 0.643. The highest BCUT2D eigenvalue weighted by Crippen LogP contribution is 2.47. The Morgan fingerprint density at radius 3 is 1.28 bits per heavy atom. The maximum absolute atomic E-state index is 13.3. The van der Waals surface area contributed by atoms with E-state index in [2.05, 4.69) is 0 Å². The maximum atomic E-state index is 13.3. The fourth-order valence-electron chi connectivity index (χ4n) is 8.27. The molecule has 0 atom stereocenters. The number of aliphatic hydroxyl groups is 1. The number of hydrogen-bond acceptors (Lipinski definition) is 5. The number of piperidine rings is 2. The second kappa shape index (κ2) is 19.3. The number of carbonyl (C=O) groups is 2. The van der Waals surface area contributed by atoms with Gasteiger partial charge in [0, 0.05) is 49.1 Å². The number of benzene rings is 4. The topological polar surface area (TPSA) is 90.3 Å². The molecule has 2 N–H and O–H groups in total. The molecule has 0 radical (unpaired) electrons. The number of nitrogens with zero attached hydrogens (tertiary/aromatic N) is 2. The highest BCUT2D eigenvalue weighted by Gasteiger charge is 2.49. The molecular formula is C46H48Cl2F6N2O5. The fraction of sp³-hybridized carbons (Fsp3) is 0.435. The van der Waals surface area contributed by atoms with Crippen LogP contribution >= 0.6 is 23.2 Å². The molecule has 2 amide bonds. The van der Waals surface area contributed by atoms with Gasteiger partial charge in [-0.2, -0.15) is 26.3 Å². The van der Waals surface area contributed by atoms with Gasteiger partial charge in [0.05, 0.1) is 28.1 Å². The first kappa shape index (κ1) is 46.1. The van der Waals surface area contributed by atoms with Crippen LogP contribution in [0.5, 0.6) is 11.5 Å². The molecule has 0 spiro atoms. The van der Waals surface area contributed by atoms with Crippen molar-refractivity contribution in [2.24, 2.45) is 0 Å². The molecule has 0 unspecified atom stereocenters. The van der Waals surface area contributed by atoms with Gasteiger partial charge >= 0.3 is 12.4 Å². The predicted molar refractivity (Wildman–Crippen MR) is 221 cm³/mol. The van der Waals surface area contributed by atoms with Crippen molar-refractivity contribution in [2.75, 3.05) is 26.2 Å². The number of halogens is 8. The van der Waals surface area contributed by atoms with Crippen molar-refractivity contribution in [1.82, 2.24) is 9.80 Å². The van der Waals surface area contributed by atoms with Crippen molar-refractivity contribution in [3.05, 3.63) is 129 Å². The number of rotatable bonds is 6. The van der Waals surface area contributed by atoms with Crippen molar-refractivity contribution >= 4 is 35.0 Å². The van der Waals surface area contributed by atoms with E-state index in [1.807, 2.05) is 58.3 Å². The van der Waals surface area contributed by atoms with E-state index >= 15 is 0 Å². The van der Waals surface area contributed by atoms with Crippen LogP contribution in [0, 0.1) is 0 Å². The molecule has 328 valence electrons. The Labute approximate surface area is 361 Å². The Morgan fingerprint density at radius 2 is 0.934 bits per heavy atom. The van der Waals surface area contributed by atoms with Gasteiger partial charge in [0.2, 0.25) is 11.8 Å². The number of phenols is 1. The average Bonchev–Trinajstić information content (AvgIpc) is 3.19. The number of alkyl halides is 6. The van der Waals surface area contributed by atoms with Crippen LogP contribution in [0.25, 0.3) is 0 Å². The molecule has 4 aromatic carbocycles. The molecule has 2 aliphatic heterocycles. The molecule has 2 saturated carbocycles. The highest BCUT2D eigenvalue weighted by atomic mass is 35.5. The summed E-state index contributed by atoms with van der Waals surface area (Å²) >= 11 is 11.9. The first-order valence-electron chi connectivity index (χ1n) is 20.4. The molecule has 2 aliphatic carbocycles. The van der Waals surface area contributed by atoms with Gasteiger partial charge in [-0.25, -0.2) is 0 Å². The quantitative estimate of drug-likeness (QED) is 0.188. The summed E-state index contributed by atoms with van der Waals surface area (Å²) in [5, 5.41) is 19.6. The Balaban J connectivity index is 0.000000172. The van der Waals surface area contributed by atoms with Crippen molar-refractivity contribution in [3.8, 4) is 11.5 Å². The lowest BCUT2D eigenvalue weighted by Crippen LogP contribution is -2.53. The van der Waals surface area contributed by atoms with E-state index in [4.69, 9.17) is 33.0 Å². The van der Waals surface area contributed by atoms with E-state index in [9.17, 15) is 41.0 Å². The van der Waals surface area contributed by atoms with E-state index in [1.54, 1.807) is 0 Å². The minimum absolute atomic E-state index is 0.112. The molecule has 4 fully saturated rings. The summed E-state index contributed by atoms with van der Waals surface area (Å²) in [5.41, 5.74) is -0.132. The van der Waals surface area contributed by atoms with E-state index in [1.165, 1.54) is 12.1 Å². The van der Waals surface area contributed by atoms with Gasteiger partial charge in [-0.05, 0) is 122 Å². The number of likely N-dealkylation sites (tertiary alicyclic amines) is 2. The molecule has 7 nitrogen and oxygen atoms in total. The smallest absolute Gasteiger partial charge is 0.416 e. The van der Waals surface area contributed by atoms with Gasteiger partial charge < -0.3 is 24.7 Å². The van der Waals surface area contributed by atoms with Crippen LogP contribution in [-0.2, 0) is 32.8 Å². The molecule has 0 bridgehead atoms. The van der Waals surface area contributed by atoms with Crippen LogP contribution < -0.4 is 4.74 Å². The predicted octanol–water partition coefficient (Wildman–Crippen LogP) is 11.0. The minimum atomic E-state index is -4.36. The van der Waals surface area contributed by atoms with Crippen LogP contribution in [0.3, 0.4) is 0 Å². The Kier molecular flexibility index (Phi) is 14.6. The van der Waals surface area contributed by atoms with Crippen molar-refractivity contribution in [2.45, 2.75) is 99.6 Å². The monoisotopic (exact) mass is 892 g/mol. The lowest BCUT2D eigenvalue weighted by molar-refractivity contribution is -0.143. The second-order valence-electron chi connectivity index (χ2n) is 16.1. The normalized spacial score (nSPS) is 18.9. The summed E-state index contributed by atoms with van der Waals surface area (Å²) in [6, 6.07) is 23.7. The number of hydrogen-bond donors (Lipinski definition) is 2. The number of phenolic OH excluding ortho intramolecular Hbond substituents is 1. The zero-order valence-electron chi connectivity index (χ0n) is 33.3. The molecule has 8 rings (SSSR count). The van der Waals surface area contributed by atoms with E-state index in [0.717, 1.165) is 86.1 Å².